The first-order valence-corrected chi connectivity index (χ1v) is 9.07. The van der Waals surface area contributed by atoms with Crippen LogP contribution in [0.1, 0.15) is 0 Å². The molecule has 2 aromatic heterocycles. The number of hydrogen-bond donors (Lipinski definition) is 0. The summed E-state index contributed by atoms with van der Waals surface area (Å²) in [6.45, 7) is 1.35. The van der Waals surface area contributed by atoms with Crippen LogP contribution in [0.4, 0.5) is 11.5 Å². The number of nitrogens with zero attached hydrogens (tertiary/aromatic N) is 5. The molecule has 1 aliphatic rings. The number of benzene rings is 1. The van der Waals surface area contributed by atoms with Gasteiger partial charge >= 0.3 is 0 Å². The number of anilines is 2. The first kappa shape index (κ1) is 17.0. The maximum absolute atomic E-state index is 6.24. The molecular weight excluding hydrogens is 373 g/mol. The molecule has 3 aromatic rings. The number of rotatable bonds is 5. The zero-order chi connectivity index (χ0) is 18.1. The van der Waals surface area contributed by atoms with Crippen molar-refractivity contribution in [1.29, 1.82) is 0 Å². The minimum absolute atomic E-state index is 0.473. The van der Waals surface area contributed by atoms with E-state index in [1.807, 2.05) is 40.0 Å². The van der Waals surface area contributed by atoms with E-state index in [1.165, 1.54) is 0 Å². The van der Waals surface area contributed by atoms with Gasteiger partial charge in [-0.15, -0.1) is 11.6 Å². The Bertz CT molecular complexity index is 962. The Labute approximate surface area is 161 Å². The summed E-state index contributed by atoms with van der Waals surface area (Å²) in [7, 11) is 1.64. The molecule has 0 N–H and O–H groups in total. The molecule has 1 aliphatic heterocycles. The van der Waals surface area contributed by atoms with Crippen LogP contribution < -0.4 is 9.64 Å². The highest BCUT2D eigenvalue weighted by Gasteiger charge is 2.23. The van der Waals surface area contributed by atoms with Gasteiger partial charge in [0.25, 0.3) is 0 Å². The molecule has 3 heterocycles. The van der Waals surface area contributed by atoms with Crippen molar-refractivity contribution in [3.05, 3.63) is 54.0 Å². The van der Waals surface area contributed by atoms with Crippen molar-refractivity contribution in [2.45, 2.75) is 13.1 Å². The standard InChI is InChI=1S/C18H17Cl2N5O/c1-26-16-4-3-13(20)11-14(16)18-15(12-23(22-18)10-6-19)24-8-2-9-25-17(24)5-7-21-25/h2-5,7-8,11-12H,6,9-10H2,1H3. The minimum atomic E-state index is 0.473. The fourth-order valence-electron chi connectivity index (χ4n) is 3.05. The van der Waals surface area contributed by atoms with Gasteiger partial charge in [0, 0.05) is 34.9 Å². The molecule has 4 rings (SSSR count). The predicted molar refractivity (Wildman–Crippen MR) is 103 cm³/mol. The summed E-state index contributed by atoms with van der Waals surface area (Å²) in [6, 6.07) is 7.48. The van der Waals surface area contributed by atoms with Crippen LogP contribution in [0, 0.1) is 0 Å². The quantitative estimate of drug-likeness (QED) is 0.609. The molecule has 0 saturated heterocycles. The van der Waals surface area contributed by atoms with Gasteiger partial charge < -0.3 is 4.74 Å². The summed E-state index contributed by atoms with van der Waals surface area (Å²) >= 11 is 12.2. The highest BCUT2D eigenvalue weighted by Crippen LogP contribution is 2.40. The molecular formula is C18H17Cl2N5O. The molecule has 26 heavy (non-hydrogen) atoms. The Morgan fingerprint density at radius 1 is 1.27 bits per heavy atom. The third-order valence-electron chi connectivity index (χ3n) is 4.21. The van der Waals surface area contributed by atoms with E-state index in [2.05, 4.69) is 16.1 Å². The molecule has 0 aliphatic carbocycles. The first-order chi connectivity index (χ1) is 12.7. The number of fused-ring (bicyclic) bond motifs is 1. The highest BCUT2D eigenvalue weighted by molar-refractivity contribution is 6.31. The Morgan fingerprint density at radius 2 is 2.15 bits per heavy atom. The third-order valence-corrected chi connectivity index (χ3v) is 4.61. The van der Waals surface area contributed by atoms with E-state index in [4.69, 9.17) is 33.0 Å². The van der Waals surface area contributed by atoms with Crippen molar-refractivity contribution in [3.63, 3.8) is 0 Å². The van der Waals surface area contributed by atoms with Gasteiger partial charge in [-0.2, -0.15) is 10.2 Å². The normalized spacial score (nSPS) is 13.1. The lowest BCUT2D eigenvalue weighted by Crippen LogP contribution is -2.18. The van der Waals surface area contributed by atoms with Crippen molar-refractivity contribution >= 4 is 34.7 Å². The van der Waals surface area contributed by atoms with Gasteiger partial charge in [-0.25, -0.2) is 4.68 Å². The summed E-state index contributed by atoms with van der Waals surface area (Å²) in [5.74, 6) is 2.16. The van der Waals surface area contributed by atoms with Crippen molar-refractivity contribution in [2.75, 3.05) is 17.9 Å². The molecule has 0 unspecified atom stereocenters. The van der Waals surface area contributed by atoms with Crippen LogP contribution in [0.15, 0.2) is 48.9 Å². The van der Waals surface area contributed by atoms with Crippen LogP contribution in [0.25, 0.3) is 11.3 Å². The monoisotopic (exact) mass is 389 g/mol. The number of allylic oxidation sites excluding steroid dienone is 1. The van der Waals surface area contributed by atoms with E-state index in [9.17, 15) is 0 Å². The zero-order valence-corrected chi connectivity index (χ0v) is 15.7. The predicted octanol–water partition coefficient (Wildman–Crippen LogP) is 4.31. The lowest BCUT2D eigenvalue weighted by atomic mass is 10.1. The summed E-state index contributed by atoms with van der Waals surface area (Å²) in [5, 5.41) is 9.72. The van der Waals surface area contributed by atoms with Crippen LogP contribution >= 0.6 is 23.2 Å². The number of ether oxygens (including phenoxy) is 1. The molecule has 8 heteroatoms. The molecule has 0 amide bonds. The maximum atomic E-state index is 6.24. The minimum Gasteiger partial charge on any atom is -0.496 e. The fourth-order valence-corrected chi connectivity index (χ4v) is 3.39. The SMILES string of the molecule is COc1ccc(Cl)cc1-c1nn(CCCl)cc1N1C=CCn2nccc21. The Kier molecular flexibility index (Phi) is 4.61. The second kappa shape index (κ2) is 7.05. The topological polar surface area (TPSA) is 48.1 Å². The van der Waals surface area contributed by atoms with Gasteiger partial charge in [-0.05, 0) is 24.3 Å². The molecule has 0 saturated carbocycles. The molecule has 0 radical (unpaired) electrons. The van der Waals surface area contributed by atoms with Crippen molar-refractivity contribution in [3.8, 4) is 17.0 Å². The highest BCUT2D eigenvalue weighted by atomic mass is 35.5. The van der Waals surface area contributed by atoms with Crippen LogP contribution in [-0.4, -0.2) is 32.6 Å². The molecule has 134 valence electrons. The number of methoxy groups -OCH3 is 1. The Balaban J connectivity index is 1.90. The second-order valence-electron chi connectivity index (χ2n) is 5.79. The largest absolute Gasteiger partial charge is 0.496 e. The fraction of sp³-hybridized carbons (Fsp3) is 0.222. The van der Waals surface area contributed by atoms with E-state index >= 15 is 0 Å². The number of halogens is 2. The second-order valence-corrected chi connectivity index (χ2v) is 6.60. The summed E-state index contributed by atoms with van der Waals surface area (Å²) in [5.41, 5.74) is 2.51. The lowest BCUT2D eigenvalue weighted by Gasteiger charge is -2.24. The molecule has 6 nitrogen and oxygen atoms in total. The maximum Gasteiger partial charge on any atom is 0.135 e. The molecule has 0 atom stereocenters. The molecule has 1 aromatic carbocycles. The number of aryl methyl sites for hydroxylation is 1. The smallest absolute Gasteiger partial charge is 0.135 e. The van der Waals surface area contributed by atoms with Gasteiger partial charge in [0.15, 0.2) is 0 Å². The van der Waals surface area contributed by atoms with E-state index in [0.717, 1.165) is 29.3 Å². The molecule has 0 spiro atoms. The van der Waals surface area contributed by atoms with Crippen LogP contribution in [-0.2, 0) is 13.1 Å². The van der Waals surface area contributed by atoms with Crippen LogP contribution in [0.2, 0.25) is 5.02 Å². The summed E-state index contributed by atoms with van der Waals surface area (Å²) in [4.78, 5) is 2.06. The van der Waals surface area contributed by atoms with Crippen LogP contribution in [0.3, 0.4) is 0 Å². The summed E-state index contributed by atoms with van der Waals surface area (Å²) in [6.07, 6.45) is 7.85. The number of aromatic nitrogens is 4. The van der Waals surface area contributed by atoms with Gasteiger partial charge in [-0.3, -0.25) is 9.58 Å². The number of alkyl halides is 1. The van der Waals surface area contributed by atoms with Crippen LogP contribution in [0.5, 0.6) is 5.75 Å². The van der Waals surface area contributed by atoms with Gasteiger partial charge in [-0.1, -0.05) is 11.6 Å². The van der Waals surface area contributed by atoms with Crippen molar-refractivity contribution in [2.24, 2.45) is 0 Å². The van der Waals surface area contributed by atoms with E-state index in [-0.39, 0.29) is 0 Å². The summed E-state index contributed by atoms with van der Waals surface area (Å²) < 4.78 is 9.30. The van der Waals surface area contributed by atoms with E-state index in [1.54, 1.807) is 19.4 Å². The lowest BCUT2D eigenvalue weighted by molar-refractivity contribution is 0.416. The van der Waals surface area contributed by atoms with Gasteiger partial charge in [0.2, 0.25) is 0 Å². The van der Waals surface area contributed by atoms with Crippen molar-refractivity contribution < 1.29 is 4.74 Å². The Hall–Kier alpha value is -2.44. The third kappa shape index (κ3) is 2.95. The zero-order valence-electron chi connectivity index (χ0n) is 14.1. The van der Waals surface area contributed by atoms with E-state index < -0.39 is 0 Å². The average molecular weight is 390 g/mol. The van der Waals surface area contributed by atoms with E-state index in [0.29, 0.717) is 23.2 Å². The van der Waals surface area contributed by atoms with Gasteiger partial charge in [0.05, 0.1) is 32.1 Å². The van der Waals surface area contributed by atoms with Crippen molar-refractivity contribution in [1.82, 2.24) is 19.6 Å². The molecule has 0 fully saturated rings. The number of hydrogen-bond acceptors (Lipinski definition) is 4. The molecule has 0 bridgehead atoms. The van der Waals surface area contributed by atoms with Gasteiger partial charge in [0.1, 0.15) is 17.3 Å². The average Bonchev–Trinajstić information content (AvgIpc) is 3.28. The first-order valence-electron chi connectivity index (χ1n) is 8.16. The Morgan fingerprint density at radius 3 is 2.96 bits per heavy atom.